The first-order valence-electron chi connectivity index (χ1n) is 7.21. The maximum Gasteiger partial charge on any atom is 0.307 e. The van der Waals surface area contributed by atoms with Crippen LogP contribution in [-0.4, -0.2) is 32.5 Å². The third-order valence-corrected chi connectivity index (χ3v) is 5.96. The molecule has 2 aromatic rings. The largest absolute Gasteiger partial charge is 0.457 e. The first-order chi connectivity index (χ1) is 11.8. The van der Waals surface area contributed by atoms with Gasteiger partial charge in [0.05, 0.1) is 17.1 Å². The molecule has 2 rings (SSSR count). The normalized spacial score (nSPS) is 11.1. The fourth-order valence-corrected chi connectivity index (χ4v) is 3.81. The van der Waals surface area contributed by atoms with Crippen LogP contribution < -0.4 is 0 Å². The fourth-order valence-electron chi connectivity index (χ4n) is 1.96. The molecule has 0 amide bonds. The minimum absolute atomic E-state index is 0.0778. The van der Waals surface area contributed by atoms with E-state index >= 15 is 0 Å². The van der Waals surface area contributed by atoms with Gasteiger partial charge in [0.1, 0.15) is 0 Å². The minimum atomic E-state index is -3.62. The lowest BCUT2D eigenvalue weighted by atomic mass is 10.1. The lowest BCUT2D eigenvalue weighted by molar-refractivity contribution is -0.142. The zero-order valence-corrected chi connectivity index (χ0v) is 16.1. The molecule has 0 radical (unpaired) electrons. The highest BCUT2D eigenvalue weighted by molar-refractivity contribution is 9.10. The third-order valence-electron chi connectivity index (χ3n) is 3.29. The van der Waals surface area contributed by atoms with Gasteiger partial charge in [-0.2, -0.15) is 0 Å². The number of carbonyl (C=O) groups is 2. The summed E-state index contributed by atoms with van der Waals surface area (Å²) in [5, 5.41) is 0.420. The molecule has 0 unspecified atom stereocenters. The van der Waals surface area contributed by atoms with E-state index in [1.54, 1.807) is 24.3 Å². The van der Waals surface area contributed by atoms with Crippen molar-refractivity contribution in [2.45, 2.75) is 11.3 Å². The second kappa shape index (κ2) is 8.60. The van der Waals surface area contributed by atoms with Crippen LogP contribution in [0.25, 0.3) is 0 Å². The number of Topliss-reactive ketones (excluding diaryl/α,β-unsaturated/α-hetero) is 1. The van der Waals surface area contributed by atoms with Gasteiger partial charge < -0.3 is 4.74 Å². The van der Waals surface area contributed by atoms with Crippen LogP contribution in [0.4, 0.5) is 0 Å². The van der Waals surface area contributed by atoms with Crippen LogP contribution in [0.15, 0.2) is 57.9 Å². The molecule has 0 aliphatic rings. The van der Waals surface area contributed by atoms with Crippen molar-refractivity contribution in [1.29, 1.82) is 0 Å². The number of ether oxygens (including phenoxy) is 1. The molecular formula is C17H14BrClO5S. The quantitative estimate of drug-likeness (QED) is 0.480. The van der Waals surface area contributed by atoms with Crippen molar-refractivity contribution in [2.24, 2.45) is 0 Å². The summed E-state index contributed by atoms with van der Waals surface area (Å²) in [6.07, 6.45) is -0.339. The van der Waals surface area contributed by atoms with Gasteiger partial charge in [-0.3, -0.25) is 9.59 Å². The molecule has 2 aromatic carbocycles. The topological polar surface area (TPSA) is 77.5 Å². The average Bonchev–Trinajstić information content (AvgIpc) is 2.59. The van der Waals surface area contributed by atoms with E-state index in [9.17, 15) is 18.0 Å². The second-order valence-corrected chi connectivity index (χ2v) is 8.49. The number of carbonyl (C=O) groups excluding carboxylic acids is 2. The number of sulfone groups is 1. The molecule has 8 heteroatoms. The van der Waals surface area contributed by atoms with Crippen LogP contribution in [0.2, 0.25) is 5.02 Å². The predicted octanol–water partition coefficient (Wildman–Crippen LogP) is 3.69. The maximum absolute atomic E-state index is 12.1. The molecule has 0 saturated carbocycles. The lowest BCUT2D eigenvalue weighted by Gasteiger charge is -2.07. The number of hydrogen-bond acceptors (Lipinski definition) is 5. The molecule has 0 fully saturated rings. The summed E-state index contributed by atoms with van der Waals surface area (Å²) >= 11 is 8.96. The van der Waals surface area contributed by atoms with Crippen molar-refractivity contribution in [1.82, 2.24) is 0 Å². The molecule has 0 saturated heterocycles. The molecular weight excluding hydrogens is 432 g/mol. The Morgan fingerprint density at radius 3 is 2.32 bits per heavy atom. The van der Waals surface area contributed by atoms with Crippen LogP contribution in [0.1, 0.15) is 16.8 Å². The van der Waals surface area contributed by atoms with Gasteiger partial charge >= 0.3 is 5.97 Å². The van der Waals surface area contributed by atoms with Crippen molar-refractivity contribution in [3.8, 4) is 0 Å². The summed E-state index contributed by atoms with van der Waals surface area (Å²) in [6.45, 7) is -0.442. The first-order valence-corrected chi connectivity index (χ1v) is 10.0. The van der Waals surface area contributed by atoms with Crippen LogP contribution in [-0.2, 0) is 19.4 Å². The van der Waals surface area contributed by atoms with Crippen LogP contribution in [0.3, 0.4) is 0 Å². The van der Waals surface area contributed by atoms with Gasteiger partial charge in [-0.1, -0.05) is 45.7 Å². The highest BCUT2D eigenvalue weighted by Gasteiger charge is 2.18. The van der Waals surface area contributed by atoms with Crippen LogP contribution >= 0.6 is 27.5 Å². The monoisotopic (exact) mass is 444 g/mol. The zero-order chi connectivity index (χ0) is 18.4. The molecule has 5 nitrogen and oxygen atoms in total. The predicted molar refractivity (Wildman–Crippen MR) is 97.6 cm³/mol. The van der Waals surface area contributed by atoms with Gasteiger partial charge in [-0.05, 0) is 30.3 Å². The van der Waals surface area contributed by atoms with Crippen molar-refractivity contribution < 1.29 is 22.7 Å². The number of rotatable bonds is 7. The van der Waals surface area contributed by atoms with Crippen molar-refractivity contribution in [3.05, 3.63) is 63.6 Å². The standard InChI is InChI=1S/C17H14BrClO5S/c18-15-4-2-1-3-14(15)16(20)11-24-17(21)9-10-25(22,23)13-7-5-12(19)6-8-13/h1-8H,9-11H2. The Morgan fingerprint density at radius 1 is 1.04 bits per heavy atom. The Bertz CT molecular complexity index is 878. The van der Waals surface area contributed by atoms with Gasteiger partial charge in [0.2, 0.25) is 5.78 Å². The van der Waals surface area contributed by atoms with E-state index in [1.165, 1.54) is 24.3 Å². The van der Waals surface area contributed by atoms with Gasteiger partial charge in [0.15, 0.2) is 16.4 Å². The number of ketones is 1. The molecule has 132 valence electrons. The van der Waals surface area contributed by atoms with Crippen LogP contribution in [0, 0.1) is 0 Å². The van der Waals surface area contributed by atoms with Gasteiger partial charge in [-0.25, -0.2) is 8.42 Å². The van der Waals surface area contributed by atoms with Crippen molar-refractivity contribution in [3.63, 3.8) is 0 Å². The van der Waals surface area contributed by atoms with Crippen LogP contribution in [0.5, 0.6) is 0 Å². The number of hydrogen-bond donors (Lipinski definition) is 0. The van der Waals surface area contributed by atoms with E-state index in [1.807, 2.05) is 0 Å². The Hall–Kier alpha value is -1.70. The SMILES string of the molecule is O=C(CCS(=O)(=O)c1ccc(Cl)cc1)OCC(=O)c1ccccc1Br. The molecule has 25 heavy (non-hydrogen) atoms. The van der Waals surface area contributed by atoms with Gasteiger partial charge in [-0.15, -0.1) is 0 Å². The van der Waals surface area contributed by atoms with Crippen molar-refractivity contribution >= 4 is 49.1 Å². The Balaban J connectivity index is 1.87. The van der Waals surface area contributed by atoms with Gasteiger partial charge in [0.25, 0.3) is 0 Å². The van der Waals surface area contributed by atoms with E-state index in [0.717, 1.165) is 0 Å². The lowest BCUT2D eigenvalue weighted by Crippen LogP contribution is -2.17. The molecule has 0 N–H and O–H groups in total. The summed E-state index contributed by atoms with van der Waals surface area (Å²) in [6, 6.07) is 12.4. The number of benzene rings is 2. The summed E-state index contributed by atoms with van der Waals surface area (Å²) in [4.78, 5) is 23.8. The van der Waals surface area contributed by atoms with E-state index in [2.05, 4.69) is 15.9 Å². The maximum atomic E-state index is 12.1. The fraction of sp³-hybridized carbons (Fsp3) is 0.176. The van der Waals surface area contributed by atoms with E-state index in [0.29, 0.717) is 15.1 Å². The molecule has 0 aliphatic carbocycles. The van der Waals surface area contributed by atoms with E-state index < -0.39 is 28.2 Å². The minimum Gasteiger partial charge on any atom is -0.457 e. The summed E-state index contributed by atoms with van der Waals surface area (Å²) in [5.41, 5.74) is 0.393. The first kappa shape index (κ1) is 19.6. The van der Waals surface area contributed by atoms with Crippen molar-refractivity contribution in [2.75, 3.05) is 12.4 Å². The Kier molecular flexibility index (Phi) is 6.75. The van der Waals surface area contributed by atoms with E-state index in [4.69, 9.17) is 16.3 Å². The molecule has 0 bridgehead atoms. The molecule has 0 atom stereocenters. The molecule has 0 aliphatic heterocycles. The zero-order valence-electron chi connectivity index (χ0n) is 12.9. The molecule has 0 aromatic heterocycles. The molecule has 0 heterocycles. The summed E-state index contributed by atoms with van der Waals surface area (Å²) in [7, 11) is -3.62. The van der Waals surface area contributed by atoms with Gasteiger partial charge in [0, 0.05) is 15.1 Å². The smallest absolute Gasteiger partial charge is 0.307 e. The Morgan fingerprint density at radius 2 is 1.68 bits per heavy atom. The summed E-state index contributed by atoms with van der Waals surface area (Å²) in [5.74, 6) is -1.53. The Labute approximate surface area is 159 Å². The van der Waals surface area contributed by atoms with E-state index in [-0.39, 0.29) is 17.1 Å². The number of halogens is 2. The molecule has 0 spiro atoms. The highest BCUT2D eigenvalue weighted by atomic mass is 79.9. The number of esters is 1. The second-order valence-electron chi connectivity index (χ2n) is 5.09. The summed E-state index contributed by atoms with van der Waals surface area (Å²) < 4.78 is 29.7. The average molecular weight is 446 g/mol. The third kappa shape index (κ3) is 5.66. The highest BCUT2D eigenvalue weighted by Crippen LogP contribution is 2.17.